The highest BCUT2D eigenvalue weighted by molar-refractivity contribution is 6.46. The van der Waals surface area contributed by atoms with E-state index in [-0.39, 0.29) is 26.6 Å². The molecule has 2 aromatic rings. The van der Waals surface area contributed by atoms with E-state index in [2.05, 4.69) is 15.5 Å². The smallest absolute Gasteiger partial charge is 0.291 e. The number of hydrazone groups is 1. The number of carbonyl (C=O) groups is 1. The summed E-state index contributed by atoms with van der Waals surface area (Å²) in [5, 5.41) is 3.85. The number of nitrogens with zero attached hydrogens (tertiary/aromatic N) is 2. The first kappa shape index (κ1) is 19.3. The lowest BCUT2D eigenvalue weighted by molar-refractivity contribution is 0.0950. The zero-order chi connectivity index (χ0) is 18.6. The predicted molar refractivity (Wildman–Crippen MR) is 101 cm³/mol. The quantitative estimate of drug-likeness (QED) is 0.450. The normalized spacial score (nSPS) is 11.3. The van der Waals surface area contributed by atoms with Gasteiger partial charge < -0.3 is 10.5 Å². The second-order valence-corrected chi connectivity index (χ2v) is 6.18. The summed E-state index contributed by atoms with van der Waals surface area (Å²) in [7, 11) is 1.59. The Balaban J connectivity index is 2.15. The number of aromatic nitrogens is 1. The molecule has 25 heavy (non-hydrogen) atoms. The van der Waals surface area contributed by atoms with E-state index in [0.29, 0.717) is 12.1 Å². The summed E-state index contributed by atoms with van der Waals surface area (Å²) in [4.78, 5) is 16.1. The maximum atomic E-state index is 12.2. The van der Waals surface area contributed by atoms with Crippen molar-refractivity contribution in [1.29, 1.82) is 0 Å². The molecule has 1 aromatic heterocycles. The number of para-hydroxylation sites is 1. The number of amides is 1. The van der Waals surface area contributed by atoms with E-state index in [1.807, 2.05) is 24.3 Å². The molecule has 0 aliphatic rings. The van der Waals surface area contributed by atoms with E-state index in [0.717, 1.165) is 11.3 Å². The molecule has 0 spiro atoms. The van der Waals surface area contributed by atoms with Crippen molar-refractivity contribution in [1.82, 2.24) is 10.4 Å². The molecule has 2 rings (SSSR count). The number of methoxy groups -OCH3 is 1. The average molecular weight is 402 g/mol. The summed E-state index contributed by atoms with van der Waals surface area (Å²) in [6, 6.07) is 7.53. The summed E-state index contributed by atoms with van der Waals surface area (Å²) in [6.45, 7) is 1.77. The van der Waals surface area contributed by atoms with Crippen molar-refractivity contribution < 1.29 is 9.53 Å². The maximum Gasteiger partial charge on any atom is 0.291 e. The Hall–Kier alpha value is -2.02. The van der Waals surface area contributed by atoms with Gasteiger partial charge in [-0.1, -0.05) is 53.0 Å². The molecule has 132 valence electrons. The summed E-state index contributed by atoms with van der Waals surface area (Å²) >= 11 is 17.7. The monoisotopic (exact) mass is 400 g/mol. The number of ether oxygens (including phenoxy) is 1. The van der Waals surface area contributed by atoms with Crippen LogP contribution in [0.4, 0.5) is 5.69 Å². The highest BCUT2D eigenvalue weighted by atomic mass is 35.5. The predicted octanol–water partition coefficient (Wildman–Crippen LogP) is 3.98. The molecular weight excluding hydrogens is 387 g/mol. The number of anilines is 1. The van der Waals surface area contributed by atoms with Crippen LogP contribution in [0.3, 0.4) is 0 Å². The van der Waals surface area contributed by atoms with Gasteiger partial charge in [-0.05, 0) is 18.6 Å². The van der Waals surface area contributed by atoms with Crippen LogP contribution in [0, 0.1) is 0 Å². The van der Waals surface area contributed by atoms with E-state index >= 15 is 0 Å². The van der Waals surface area contributed by atoms with Gasteiger partial charge in [-0.15, -0.1) is 0 Å². The first-order valence-corrected chi connectivity index (χ1v) is 8.23. The van der Waals surface area contributed by atoms with Crippen molar-refractivity contribution in [2.45, 2.75) is 13.3 Å². The standard InChI is InChI=1S/C16H15Cl3N4O2/c1-8(7-9-5-3-4-6-10(9)25-2)22-23-16(24)14-11(17)13(20)12(18)15(19)21-14/h3-6H,7H2,1-2H3,(H2,20,21)(H,23,24)/b22-8-. The van der Waals surface area contributed by atoms with Crippen molar-refractivity contribution in [2.75, 3.05) is 12.8 Å². The van der Waals surface area contributed by atoms with Crippen LogP contribution in [0.5, 0.6) is 5.75 Å². The SMILES string of the molecule is COc1ccccc1C/C(C)=N\NC(=O)c1nc(Cl)c(Cl)c(N)c1Cl. The van der Waals surface area contributed by atoms with Gasteiger partial charge in [0.2, 0.25) is 0 Å². The summed E-state index contributed by atoms with van der Waals surface area (Å²) in [5.41, 5.74) is 9.50. The zero-order valence-corrected chi connectivity index (χ0v) is 15.7. The lowest BCUT2D eigenvalue weighted by Crippen LogP contribution is -2.22. The maximum absolute atomic E-state index is 12.2. The fourth-order valence-electron chi connectivity index (χ4n) is 2.05. The minimum atomic E-state index is -0.644. The number of rotatable bonds is 5. The van der Waals surface area contributed by atoms with Crippen molar-refractivity contribution >= 4 is 52.1 Å². The molecule has 1 amide bonds. The number of halogens is 3. The number of carbonyl (C=O) groups excluding carboxylic acids is 1. The Kier molecular flexibility index (Phi) is 6.47. The molecule has 3 N–H and O–H groups in total. The van der Waals surface area contributed by atoms with Crippen LogP contribution in [-0.2, 0) is 6.42 Å². The number of nitrogens with one attached hydrogen (secondary N) is 1. The molecule has 0 saturated carbocycles. The molecular formula is C16H15Cl3N4O2. The van der Waals surface area contributed by atoms with Crippen molar-refractivity contribution in [3.8, 4) is 5.75 Å². The van der Waals surface area contributed by atoms with Gasteiger partial charge in [-0.25, -0.2) is 10.4 Å². The van der Waals surface area contributed by atoms with E-state index in [4.69, 9.17) is 45.3 Å². The van der Waals surface area contributed by atoms with Gasteiger partial charge in [0, 0.05) is 12.1 Å². The van der Waals surface area contributed by atoms with E-state index in [1.54, 1.807) is 14.0 Å². The number of pyridine rings is 1. The Labute approximate surface area is 159 Å². The van der Waals surface area contributed by atoms with Gasteiger partial charge in [-0.2, -0.15) is 5.10 Å². The minimum Gasteiger partial charge on any atom is -0.496 e. The summed E-state index contributed by atoms with van der Waals surface area (Å²) in [6.07, 6.45) is 0.495. The van der Waals surface area contributed by atoms with Gasteiger partial charge in [0.1, 0.15) is 10.8 Å². The Bertz CT molecular complexity index is 840. The first-order valence-electron chi connectivity index (χ1n) is 7.10. The highest BCUT2D eigenvalue weighted by Gasteiger charge is 2.19. The molecule has 6 nitrogen and oxygen atoms in total. The molecule has 0 unspecified atom stereocenters. The largest absolute Gasteiger partial charge is 0.496 e. The van der Waals surface area contributed by atoms with Crippen LogP contribution < -0.4 is 15.9 Å². The van der Waals surface area contributed by atoms with Crippen molar-refractivity contribution in [3.05, 3.63) is 50.7 Å². The first-order chi connectivity index (χ1) is 11.8. The van der Waals surface area contributed by atoms with Crippen molar-refractivity contribution in [2.24, 2.45) is 5.10 Å². The second kappa shape index (κ2) is 8.38. The molecule has 9 heteroatoms. The lowest BCUT2D eigenvalue weighted by atomic mass is 10.1. The van der Waals surface area contributed by atoms with Crippen molar-refractivity contribution in [3.63, 3.8) is 0 Å². The molecule has 0 radical (unpaired) electrons. The van der Waals surface area contributed by atoms with E-state index in [9.17, 15) is 4.79 Å². The fraction of sp³-hybridized carbons (Fsp3) is 0.188. The van der Waals surface area contributed by atoms with E-state index < -0.39 is 5.91 Å². The molecule has 1 aromatic carbocycles. The third-order valence-electron chi connectivity index (χ3n) is 3.27. The number of nitrogen functional groups attached to an aromatic ring is 1. The minimum absolute atomic E-state index is 0.000860. The van der Waals surface area contributed by atoms with Gasteiger partial charge in [0.25, 0.3) is 5.91 Å². The zero-order valence-electron chi connectivity index (χ0n) is 13.4. The highest BCUT2D eigenvalue weighted by Crippen LogP contribution is 2.34. The van der Waals surface area contributed by atoms with Gasteiger partial charge in [0.05, 0.1) is 17.8 Å². The average Bonchev–Trinajstić information content (AvgIpc) is 2.61. The van der Waals surface area contributed by atoms with Gasteiger partial charge >= 0.3 is 0 Å². The van der Waals surface area contributed by atoms with Crippen LogP contribution >= 0.6 is 34.8 Å². The number of hydrogen-bond acceptors (Lipinski definition) is 5. The Morgan fingerprint density at radius 1 is 1.28 bits per heavy atom. The third-order valence-corrected chi connectivity index (χ3v) is 4.41. The molecule has 0 aliphatic carbocycles. The van der Waals surface area contributed by atoms with Crippen LogP contribution in [0.15, 0.2) is 29.4 Å². The van der Waals surface area contributed by atoms with Crippen LogP contribution in [0.25, 0.3) is 0 Å². The molecule has 0 aliphatic heterocycles. The van der Waals surface area contributed by atoms with Gasteiger partial charge in [-0.3, -0.25) is 4.79 Å². The number of hydrogen-bond donors (Lipinski definition) is 2. The topological polar surface area (TPSA) is 89.6 Å². The second-order valence-electron chi connectivity index (χ2n) is 5.07. The molecule has 1 heterocycles. The molecule has 0 saturated heterocycles. The fourth-order valence-corrected chi connectivity index (χ4v) is 2.64. The van der Waals surface area contributed by atoms with E-state index in [1.165, 1.54) is 0 Å². The molecule has 0 atom stereocenters. The number of nitrogens with two attached hydrogens (primary N) is 1. The third kappa shape index (κ3) is 4.54. The number of benzene rings is 1. The van der Waals surface area contributed by atoms with Gasteiger partial charge in [0.15, 0.2) is 10.8 Å². The lowest BCUT2D eigenvalue weighted by Gasteiger charge is -2.09. The Morgan fingerprint density at radius 3 is 2.64 bits per heavy atom. The molecule has 0 bridgehead atoms. The van der Waals surface area contributed by atoms with Crippen LogP contribution in [0.2, 0.25) is 15.2 Å². The Morgan fingerprint density at radius 2 is 1.96 bits per heavy atom. The molecule has 0 fully saturated rings. The summed E-state index contributed by atoms with van der Waals surface area (Å²) in [5.74, 6) is 0.0972. The van der Waals surface area contributed by atoms with Crippen LogP contribution in [-0.4, -0.2) is 23.7 Å². The summed E-state index contributed by atoms with van der Waals surface area (Å²) < 4.78 is 5.28. The van der Waals surface area contributed by atoms with Crippen LogP contribution in [0.1, 0.15) is 23.0 Å².